The Balaban J connectivity index is 1.51. The Morgan fingerprint density at radius 3 is 2.14 bits per heavy atom. The first-order valence-electron chi connectivity index (χ1n) is 13.7. The third-order valence-electron chi connectivity index (χ3n) is 6.64. The molecule has 0 atom stereocenters. The monoisotopic (exact) mass is 592 g/mol. The molecule has 0 amide bonds. The maximum Gasteiger partial charge on any atom is 0.240 e. The normalized spacial score (nSPS) is 11.6. The Labute approximate surface area is 251 Å². The number of sulfonamides is 1. The van der Waals surface area contributed by atoms with E-state index in [9.17, 15) is 8.42 Å². The molecule has 3 aromatic carbocycles. The van der Waals surface area contributed by atoms with E-state index in [1.165, 1.54) is 7.05 Å². The van der Waals surface area contributed by atoms with Gasteiger partial charge in [-0.1, -0.05) is 60.7 Å². The maximum absolute atomic E-state index is 12.1. The number of pyridine rings is 1. The average molecular weight is 593 g/mol. The van der Waals surface area contributed by atoms with Crippen LogP contribution in [0.2, 0.25) is 0 Å². The predicted molar refractivity (Wildman–Crippen MR) is 172 cm³/mol. The number of para-hydroxylation sites is 1. The minimum Gasteiger partial charge on any atom is -0.369 e. The number of nitrogens with one attached hydrogen (secondary N) is 4. The lowest BCUT2D eigenvalue weighted by Gasteiger charge is -2.17. The molecule has 11 heteroatoms. The quantitative estimate of drug-likeness (QED) is 0.107. The van der Waals surface area contributed by atoms with Crippen molar-refractivity contribution in [1.82, 2.24) is 19.7 Å². The van der Waals surface area contributed by atoms with Crippen LogP contribution in [0.25, 0.3) is 11.1 Å². The van der Waals surface area contributed by atoms with Crippen LogP contribution in [0, 0.1) is 0 Å². The van der Waals surface area contributed by atoms with Crippen molar-refractivity contribution in [2.24, 2.45) is 5.10 Å². The van der Waals surface area contributed by atoms with Gasteiger partial charge in [0.2, 0.25) is 16.0 Å². The summed E-state index contributed by atoms with van der Waals surface area (Å²) in [6, 6.07) is 30.1. The number of hydrogen-bond donors (Lipinski definition) is 4. The SMILES string of the molecule is CNS(=O)(=O)c1ccc(C(C)=NNc2nc(Nc3ccccc3)nc(NCCc3ccncc3)c2-c2ccccc2)cc1. The van der Waals surface area contributed by atoms with Crippen molar-refractivity contribution < 1.29 is 8.42 Å². The first-order valence-corrected chi connectivity index (χ1v) is 15.2. The van der Waals surface area contributed by atoms with E-state index in [1.807, 2.05) is 79.7 Å². The molecule has 0 radical (unpaired) electrons. The van der Waals surface area contributed by atoms with Gasteiger partial charge in [0.1, 0.15) is 5.82 Å². The van der Waals surface area contributed by atoms with Crippen LogP contribution in [0.15, 0.2) is 119 Å². The number of nitrogens with zero attached hydrogens (tertiary/aromatic N) is 4. The van der Waals surface area contributed by atoms with Crippen LogP contribution in [0.4, 0.5) is 23.3 Å². The van der Waals surface area contributed by atoms with Crippen molar-refractivity contribution in [2.75, 3.05) is 29.7 Å². The Bertz CT molecular complexity index is 1780. The summed E-state index contributed by atoms with van der Waals surface area (Å²) in [6.45, 7) is 2.48. The van der Waals surface area contributed by atoms with Crippen LogP contribution in [0.1, 0.15) is 18.1 Å². The van der Waals surface area contributed by atoms with Crippen LogP contribution in [0.3, 0.4) is 0 Å². The Morgan fingerprint density at radius 2 is 1.47 bits per heavy atom. The first-order chi connectivity index (χ1) is 20.9. The molecule has 0 aliphatic rings. The van der Waals surface area contributed by atoms with E-state index in [2.05, 4.69) is 30.9 Å². The minimum atomic E-state index is -3.53. The number of benzene rings is 3. The summed E-state index contributed by atoms with van der Waals surface area (Å²) in [7, 11) is -2.15. The summed E-state index contributed by atoms with van der Waals surface area (Å²) in [4.78, 5) is 14.0. The first kappa shape index (κ1) is 29.4. The van der Waals surface area contributed by atoms with E-state index in [1.54, 1.807) is 36.7 Å². The van der Waals surface area contributed by atoms with Gasteiger partial charge in [-0.15, -0.1) is 0 Å². The molecule has 5 aromatic rings. The van der Waals surface area contributed by atoms with E-state index in [0.29, 0.717) is 29.8 Å². The second kappa shape index (κ2) is 13.7. The molecule has 0 bridgehead atoms. The van der Waals surface area contributed by atoms with E-state index >= 15 is 0 Å². The molecule has 10 nitrogen and oxygen atoms in total. The fraction of sp³-hybridized carbons (Fsp3) is 0.125. The Kier molecular flexibility index (Phi) is 9.35. The molecule has 218 valence electrons. The number of anilines is 4. The van der Waals surface area contributed by atoms with Gasteiger partial charge in [0.15, 0.2) is 5.82 Å². The van der Waals surface area contributed by atoms with Crippen LogP contribution in [0.5, 0.6) is 0 Å². The second-order valence-electron chi connectivity index (χ2n) is 9.55. The lowest BCUT2D eigenvalue weighted by Crippen LogP contribution is -2.18. The molecule has 0 aliphatic carbocycles. The zero-order chi connectivity index (χ0) is 30.1. The highest BCUT2D eigenvalue weighted by atomic mass is 32.2. The van der Waals surface area contributed by atoms with Crippen LogP contribution in [-0.4, -0.2) is 42.7 Å². The lowest BCUT2D eigenvalue weighted by atomic mass is 10.1. The second-order valence-corrected chi connectivity index (χ2v) is 11.4. The van der Waals surface area contributed by atoms with Gasteiger partial charge in [-0.2, -0.15) is 15.1 Å². The van der Waals surface area contributed by atoms with Crippen molar-refractivity contribution >= 4 is 39.0 Å². The van der Waals surface area contributed by atoms with Crippen molar-refractivity contribution in [3.63, 3.8) is 0 Å². The van der Waals surface area contributed by atoms with Gasteiger partial charge in [-0.3, -0.25) is 10.4 Å². The molecule has 0 aliphatic heterocycles. The zero-order valence-electron chi connectivity index (χ0n) is 23.8. The van der Waals surface area contributed by atoms with Crippen LogP contribution in [-0.2, 0) is 16.4 Å². The summed E-state index contributed by atoms with van der Waals surface area (Å²) >= 11 is 0. The van der Waals surface area contributed by atoms with Gasteiger partial charge in [-0.25, -0.2) is 13.1 Å². The summed E-state index contributed by atoms with van der Waals surface area (Å²) in [5.74, 6) is 1.54. The average Bonchev–Trinajstić information content (AvgIpc) is 3.05. The molecule has 43 heavy (non-hydrogen) atoms. The number of hydrogen-bond acceptors (Lipinski definition) is 9. The van der Waals surface area contributed by atoms with Crippen LogP contribution >= 0.6 is 0 Å². The molecule has 2 heterocycles. The third kappa shape index (κ3) is 7.59. The van der Waals surface area contributed by atoms with Crippen molar-refractivity contribution in [3.05, 3.63) is 121 Å². The van der Waals surface area contributed by atoms with Gasteiger partial charge in [-0.05, 0) is 73.5 Å². The molecular formula is C32H32N8O2S. The van der Waals surface area contributed by atoms with E-state index < -0.39 is 10.0 Å². The standard InChI is InChI=1S/C32H32N8O2S/c1-23(25-13-15-28(16-14-25)43(41,42)33-2)39-40-31-29(26-9-5-3-6-10-26)30(35-22-19-24-17-20-34-21-18-24)37-32(38-31)36-27-11-7-4-8-12-27/h3-18,20-21,33H,19,22H2,1-2H3,(H3,35,36,37,38,40). The summed E-state index contributed by atoms with van der Waals surface area (Å²) in [5, 5.41) is 11.4. The van der Waals surface area contributed by atoms with Crippen molar-refractivity contribution in [2.45, 2.75) is 18.2 Å². The van der Waals surface area contributed by atoms with Crippen molar-refractivity contribution in [3.8, 4) is 11.1 Å². The molecule has 0 fully saturated rings. The third-order valence-corrected chi connectivity index (χ3v) is 8.07. The summed E-state index contributed by atoms with van der Waals surface area (Å²) in [6.07, 6.45) is 4.35. The molecule has 5 rings (SSSR count). The van der Waals surface area contributed by atoms with Crippen LogP contribution < -0.4 is 20.8 Å². The highest BCUT2D eigenvalue weighted by Crippen LogP contribution is 2.34. The van der Waals surface area contributed by atoms with Gasteiger partial charge in [0, 0.05) is 24.6 Å². The largest absolute Gasteiger partial charge is 0.369 e. The molecule has 0 unspecified atom stereocenters. The van der Waals surface area contributed by atoms with E-state index in [4.69, 9.17) is 9.97 Å². The molecule has 0 saturated heterocycles. The van der Waals surface area contributed by atoms with E-state index in [0.717, 1.165) is 34.4 Å². The Hall–Kier alpha value is -5.13. The summed E-state index contributed by atoms with van der Waals surface area (Å²) in [5.41, 5.74) is 8.25. The molecular weight excluding hydrogens is 560 g/mol. The minimum absolute atomic E-state index is 0.181. The number of hydrazone groups is 1. The van der Waals surface area contributed by atoms with Crippen molar-refractivity contribution in [1.29, 1.82) is 0 Å². The fourth-order valence-electron chi connectivity index (χ4n) is 4.32. The highest BCUT2D eigenvalue weighted by molar-refractivity contribution is 7.89. The van der Waals surface area contributed by atoms with Gasteiger partial charge in [0.05, 0.1) is 16.2 Å². The highest BCUT2D eigenvalue weighted by Gasteiger charge is 2.17. The zero-order valence-corrected chi connectivity index (χ0v) is 24.6. The Morgan fingerprint density at radius 1 is 0.814 bits per heavy atom. The van der Waals surface area contributed by atoms with E-state index in [-0.39, 0.29) is 4.90 Å². The molecule has 4 N–H and O–H groups in total. The maximum atomic E-state index is 12.1. The number of rotatable bonds is 12. The molecule has 2 aromatic heterocycles. The number of aromatic nitrogens is 3. The fourth-order valence-corrected chi connectivity index (χ4v) is 5.05. The molecule has 0 spiro atoms. The smallest absolute Gasteiger partial charge is 0.240 e. The summed E-state index contributed by atoms with van der Waals surface area (Å²) < 4.78 is 26.6. The predicted octanol–water partition coefficient (Wildman–Crippen LogP) is 5.68. The molecule has 0 saturated carbocycles. The van der Waals surface area contributed by atoms with Gasteiger partial charge >= 0.3 is 0 Å². The lowest BCUT2D eigenvalue weighted by molar-refractivity contribution is 0.588. The topological polar surface area (TPSA) is 133 Å². The van der Waals surface area contributed by atoms with Gasteiger partial charge < -0.3 is 10.6 Å². The van der Waals surface area contributed by atoms with Gasteiger partial charge in [0.25, 0.3) is 0 Å².